The normalized spacial score (nSPS) is 31.5. The first kappa shape index (κ1) is 27.9. The molecule has 2 aromatic carbocycles. The predicted octanol–water partition coefficient (Wildman–Crippen LogP) is 6.94. The van der Waals surface area contributed by atoms with Gasteiger partial charge < -0.3 is 19.3 Å². The number of benzene rings is 2. The van der Waals surface area contributed by atoms with Crippen LogP contribution in [0.3, 0.4) is 0 Å². The van der Waals surface area contributed by atoms with Crippen LogP contribution in [0.1, 0.15) is 82.6 Å². The summed E-state index contributed by atoms with van der Waals surface area (Å²) in [6.07, 6.45) is 6.10. The van der Waals surface area contributed by atoms with Crippen LogP contribution in [0.2, 0.25) is 5.02 Å². The molecule has 2 aromatic rings. The van der Waals surface area contributed by atoms with Gasteiger partial charge in [0.1, 0.15) is 17.6 Å². The van der Waals surface area contributed by atoms with Crippen molar-refractivity contribution in [1.29, 1.82) is 0 Å². The van der Waals surface area contributed by atoms with Crippen molar-refractivity contribution >= 4 is 11.6 Å². The maximum absolute atomic E-state index is 10.3. The van der Waals surface area contributed by atoms with Gasteiger partial charge in [-0.25, -0.2) is 0 Å². The number of aliphatic hydroxyl groups excluding tert-OH is 1. The molecule has 0 unspecified atom stereocenters. The Morgan fingerprint density at radius 2 is 1.97 bits per heavy atom. The van der Waals surface area contributed by atoms with E-state index in [-0.39, 0.29) is 24.0 Å². The van der Waals surface area contributed by atoms with Gasteiger partial charge in [-0.15, -0.1) is 0 Å². The highest BCUT2D eigenvalue weighted by atomic mass is 35.5. The van der Waals surface area contributed by atoms with Crippen LogP contribution in [0, 0.1) is 11.8 Å². The Morgan fingerprint density at radius 3 is 2.76 bits per heavy atom. The molecule has 3 aliphatic heterocycles. The van der Waals surface area contributed by atoms with E-state index in [9.17, 15) is 5.11 Å². The monoisotopic (exact) mass is 541 g/mol. The van der Waals surface area contributed by atoms with Gasteiger partial charge in [-0.2, -0.15) is 0 Å². The van der Waals surface area contributed by atoms with Gasteiger partial charge in [0.15, 0.2) is 0 Å². The Balaban J connectivity index is 1.36. The Morgan fingerprint density at radius 1 is 1.13 bits per heavy atom. The van der Waals surface area contributed by atoms with Gasteiger partial charge in [-0.05, 0) is 80.8 Å². The fraction of sp³-hybridized carbons (Fsp3) is 0.625. The summed E-state index contributed by atoms with van der Waals surface area (Å²) >= 11 is 6.23. The van der Waals surface area contributed by atoms with E-state index in [4.69, 9.17) is 25.8 Å². The van der Waals surface area contributed by atoms with Gasteiger partial charge in [0.05, 0.1) is 24.9 Å². The molecule has 0 amide bonds. The molecule has 0 aliphatic carbocycles. The smallest absolute Gasteiger partial charge is 0.125 e. The molecule has 5 rings (SSSR count). The first-order valence-electron chi connectivity index (χ1n) is 14.5. The lowest BCUT2D eigenvalue weighted by Gasteiger charge is -2.50. The van der Waals surface area contributed by atoms with E-state index in [1.165, 1.54) is 24.0 Å². The summed E-state index contributed by atoms with van der Waals surface area (Å²) in [6, 6.07) is 14.5. The van der Waals surface area contributed by atoms with E-state index in [0.717, 1.165) is 42.0 Å². The predicted molar refractivity (Wildman–Crippen MR) is 151 cm³/mol. The SMILES string of the molecule is CC(C)CCC[C@]1(C)Oc2ccc(C[C@H]3OC[C@H](O)CN3Cc3cccc(Cl)c3)cc2[C@@H]2O[C@H](C)CC[C@H]21. The Hall–Kier alpha value is -1.63. The lowest BCUT2D eigenvalue weighted by Crippen LogP contribution is -2.50. The van der Waals surface area contributed by atoms with Gasteiger partial charge in [0, 0.05) is 36.0 Å². The van der Waals surface area contributed by atoms with Crippen molar-refractivity contribution in [2.75, 3.05) is 13.2 Å². The van der Waals surface area contributed by atoms with Crippen LogP contribution in [0.15, 0.2) is 42.5 Å². The summed E-state index contributed by atoms with van der Waals surface area (Å²) in [6.45, 7) is 10.7. The molecule has 38 heavy (non-hydrogen) atoms. The van der Waals surface area contributed by atoms with Crippen molar-refractivity contribution in [1.82, 2.24) is 4.90 Å². The fourth-order valence-electron chi connectivity index (χ4n) is 6.55. The molecule has 6 heteroatoms. The van der Waals surface area contributed by atoms with Crippen molar-refractivity contribution in [2.45, 2.75) is 103 Å². The van der Waals surface area contributed by atoms with Gasteiger partial charge >= 0.3 is 0 Å². The first-order chi connectivity index (χ1) is 18.2. The number of aliphatic hydroxyl groups is 1. The quantitative estimate of drug-likeness (QED) is 0.392. The molecule has 3 heterocycles. The van der Waals surface area contributed by atoms with E-state index in [2.05, 4.69) is 56.9 Å². The average molecular weight is 542 g/mol. The summed E-state index contributed by atoms with van der Waals surface area (Å²) < 4.78 is 19.6. The minimum atomic E-state index is -0.492. The molecule has 3 aliphatic rings. The largest absolute Gasteiger partial charge is 0.487 e. The maximum atomic E-state index is 10.3. The van der Waals surface area contributed by atoms with Crippen LogP contribution in [0.5, 0.6) is 5.75 Å². The molecule has 0 aromatic heterocycles. The second kappa shape index (κ2) is 11.9. The Bertz CT molecular complexity index is 1090. The molecule has 1 N–H and O–H groups in total. The first-order valence-corrected chi connectivity index (χ1v) is 14.8. The second-order valence-corrected chi connectivity index (χ2v) is 12.8. The number of β-amino-alcohol motifs (C(OH)–C–C–N with tert-alkyl or cyclic N) is 1. The number of rotatable bonds is 8. The van der Waals surface area contributed by atoms with E-state index in [1.807, 2.05) is 18.2 Å². The van der Waals surface area contributed by atoms with Gasteiger partial charge in [0.25, 0.3) is 0 Å². The molecule has 0 radical (unpaired) electrons. The minimum absolute atomic E-state index is 0.0585. The van der Waals surface area contributed by atoms with E-state index in [1.54, 1.807) is 0 Å². The number of halogens is 1. The highest BCUT2D eigenvalue weighted by Crippen LogP contribution is 2.52. The number of hydrogen-bond donors (Lipinski definition) is 1. The zero-order valence-electron chi connectivity index (χ0n) is 23.4. The molecule has 5 nitrogen and oxygen atoms in total. The summed E-state index contributed by atoms with van der Waals surface area (Å²) in [5, 5.41) is 11.0. The van der Waals surface area contributed by atoms with Crippen molar-refractivity contribution < 1.29 is 19.3 Å². The van der Waals surface area contributed by atoms with Crippen molar-refractivity contribution in [3.63, 3.8) is 0 Å². The number of ether oxygens (including phenoxy) is 3. The van der Waals surface area contributed by atoms with Crippen LogP contribution in [0.25, 0.3) is 0 Å². The summed E-state index contributed by atoms with van der Waals surface area (Å²) in [5.74, 6) is 2.03. The van der Waals surface area contributed by atoms with Crippen molar-refractivity contribution in [3.05, 3.63) is 64.2 Å². The van der Waals surface area contributed by atoms with E-state index in [0.29, 0.717) is 31.5 Å². The zero-order valence-corrected chi connectivity index (χ0v) is 24.1. The highest BCUT2D eigenvalue weighted by molar-refractivity contribution is 6.30. The summed E-state index contributed by atoms with van der Waals surface area (Å²) in [4.78, 5) is 2.21. The second-order valence-electron chi connectivity index (χ2n) is 12.3. The third kappa shape index (κ3) is 6.39. The lowest BCUT2D eigenvalue weighted by atomic mass is 9.72. The number of nitrogens with zero attached hydrogens (tertiary/aromatic N) is 1. The van der Waals surface area contributed by atoms with Gasteiger partial charge in [0.2, 0.25) is 0 Å². The fourth-order valence-corrected chi connectivity index (χ4v) is 6.77. The van der Waals surface area contributed by atoms with Crippen LogP contribution in [-0.4, -0.2) is 47.2 Å². The van der Waals surface area contributed by atoms with Crippen LogP contribution in [0.4, 0.5) is 0 Å². The van der Waals surface area contributed by atoms with Crippen LogP contribution >= 0.6 is 11.6 Å². The third-order valence-electron chi connectivity index (χ3n) is 8.61. The Labute approximate surface area is 233 Å². The number of fused-ring (bicyclic) bond motifs is 3. The zero-order chi connectivity index (χ0) is 26.9. The molecule has 2 saturated heterocycles. The molecule has 6 atom stereocenters. The molecule has 0 spiro atoms. The lowest BCUT2D eigenvalue weighted by molar-refractivity contribution is -0.153. The van der Waals surface area contributed by atoms with E-state index >= 15 is 0 Å². The Kier molecular flexibility index (Phi) is 8.71. The van der Waals surface area contributed by atoms with Gasteiger partial charge in [-0.1, -0.05) is 50.1 Å². The van der Waals surface area contributed by atoms with E-state index < -0.39 is 6.10 Å². The maximum Gasteiger partial charge on any atom is 0.125 e. The molecule has 0 bridgehead atoms. The van der Waals surface area contributed by atoms with Crippen LogP contribution < -0.4 is 4.74 Å². The van der Waals surface area contributed by atoms with Crippen molar-refractivity contribution in [2.24, 2.45) is 11.8 Å². The molecular weight excluding hydrogens is 498 g/mol. The molecular formula is C32H44ClNO4. The summed E-state index contributed by atoms with van der Waals surface area (Å²) in [7, 11) is 0. The minimum Gasteiger partial charge on any atom is -0.487 e. The molecule has 2 fully saturated rings. The topological polar surface area (TPSA) is 51.2 Å². The molecule has 0 saturated carbocycles. The van der Waals surface area contributed by atoms with Crippen LogP contribution in [-0.2, 0) is 22.4 Å². The third-order valence-corrected chi connectivity index (χ3v) is 8.85. The van der Waals surface area contributed by atoms with Crippen molar-refractivity contribution in [3.8, 4) is 5.75 Å². The average Bonchev–Trinajstić information content (AvgIpc) is 2.86. The highest BCUT2D eigenvalue weighted by Gasteiger charge is 2.49. The van der Waals surface area contributed by atoms with Gasteiger partial charge in [-0.3, -0.25) is 4.90 Å². The number of hydrogen-bond acceptors (Lipinski definition) is 5. The molecule has 208 valence electrons. The standard InChI is InChI=1S/C32H44ClNO4/c1-21(2)7-6-14-32(4)28-12-10-22(3)37-31(28)27-16-23(11-13-29(27)38-32)17-30-34(19-26(35)20-36-30)18-24-8-5-9-25(33)15-24/h5,8-9,11,13,15-16,21-22,26,28,30-31,35H,6-7,10,12,14,17-20H2,1-4H3/t22-,26-,28-,30-,31+,32+/m1/s1. The summed E-state index contributed by atoms with van der Waals surface area (Å²) in [5.41, 5.74) is 3.29.